The highest BCUT2D eigenvalue weighted by atomic mass is 16.5. The summed E-state index contributed by atoms with van der Waals surface area (Å²) >= 11 is 0. The highest BCUT2D eigenvalue weighted by Gasteiger charge is 2.73. The molecular formula is C36H50N2O3. The third-order valence-electron chi connectivity index (χ3n) is 10.9. The van der Waals surface area contributed by atoms with Gasteiger partial charge in [0.15, 0.2) is 11.5 Å². The van der Waals surface area contributed by atoms with Crippen LogP contribution in [0.2, 0.25) is 0 Å². The monoisotopic (exact) mass is 558 g/mol. The Labute approximate surface area is 247 Å². The van der Waals surface area contributed by atoms with E-state index in [0.29, 0.717) is 6.04 Å². The van der Waals surface area contributed by atoms with E-state index in [0.717, 1.165) is 63.4 Å². The summed E-state index contributed by atoms with van der Waals surface area (Å²) in [7, 11) is 1.74. The summed E-state index contributed by atoms with van der Waals surface area (Å²) in [6, 6.07) is 15.6. The van der Waals surface area contributed by atoms with Crippen LogP contribution in [-0.4, -0.2) is 72.0 Å². The van der Waals surface area contributed by atoms with Crippen LogP contribution in [0.25, 0.3) is 0 Å². The van der Waals surface area contributed by atoms with E-state index in [-0.39, 0.29) is 17.6 Å². The summed E-state index contributed by atoms with van der Waals surface area (Å²) in [6.45, 7) is 10.3. The van der Waals surface area contributed by atoms with Crippen LogP contribution in [0.3, 0.4) is 0 Å². The highest BCUT2D eigenvalue weighted by molar-refractivity contribution is 5.63. The smallest absolute Gasteiger partial charge is 0.165 e. The molecule has 0 amide bonds. The van der Waals surface area contributed by atoms with Gasteiger partial charge in [-0.1, -0.05) is 68.7 Å². The summed E-state index contributed by atoms with van der Waals surface area (Å²) < 4.78 is 12.9. The highest BCUT2D eigenvalue weighted by Crippen LogP contribution is 2.66. The molecule has 41 heavy (non-hydrogen) atoms. The lowest BCUT2D eigenvalue weighted by molar-refractivity contribution is -0.198. The number of ether oxygens (including phenoxy) is 2. The minimum absolute atomic E-state index is 0.0464. The second-order valence-electron chi connectivity index (χ2n) is 13.0. The lowest BCUT2D eigenvalue weighted by atomic mass is 9.48. The molecule has 0 unspecified atom stereocenters. The Kier molecular flexibility index (Phi) is 8.49. The van der Waals surface area contributed by atoms with Crippen molar-refractivity contribution in [2.24, 2.45) is 0 Å². The fourth-order valence-corrected chi connectivity index (χ4v) is 8.96. The maximum absolute atomic E-state index is 12.8. The Morgan fingerprint density at radius 3 is 2.66 bits per heavy atom. The molecule has 2 bridgehead atoms. The van der Waals surface area contributed by atoms with Crippen molar-refractivity contribution in [3.05, 3.63) is 71.8 Å². The number of benzene rings is 2. The third kappa shape index (κ3) is 4.82. The Hall–Kier alpha value is -2.34. The average molecular weight is 559 g/mol. The van der Waals surface area contributed by atoms with Gasteiger partial charge in [0.1, 0.15) is 6.10 Å². The molecule has 1 saturated heterocycles. The summed E-state index contributed by atoms with van der Waals surface area (Å²) in [4.78, 5) is 5.22. The van der Waals surface area contributed by atoms with Gasteiger partial charge < -0.3 is 14.6 Å². The zero-order valence-electron chi connectivity index (χ0n) is 25.3. The molecule has 1 spiro atoms. The molecule has 2 aliphatic heterocycles. The molecule has 4 aliphatic rings. The Balaban J connectivity index is 1.23. The van der Waals surface area contributed by atoms with Crippen LogP contribution in [0.4, 0.5) is 0 Å². The van der Waals surface area contributed by atoms with Crippen molar-refractivity contribution >= 4 is 0 Å². The summed E-state index contributed by atoms with van der Waals surface area (Å²) in [5, 5.41) is 12.8. The molecule has 2 heterocycles. The largest absolute Gasteiger partial charge is 0.493 e. The molecule has 222 valence electrons. The van der Waals surface area contributed by atoms with E-state index in [1.165, 1.54) is 61.6 Å². The minimum atomic E-state index is -0.798. The molecule has 2 aromatic rings. The van der Waals surface area contributed by atoms with Gasteiger partial charge in [-0.25, -0.2) is 0 Å². The number of aliphatic hydroxyl groups is 1. The predicted octanol–water partition coefficient (Wildman–Crippen LogP) is 6.31. The number of aryl methyl sites for hydroxylation is 1. The van der Waals surface area contributed by atoms with Gasteiger partial charge in [0.2, 0.25) is 0 Å². The standard InChI is InChI=1S/C36H50N2O3/c1-4-6-23-37(24-13-8-7-10-14-27-15-11-9-12-16-27)29-19-20-36(39)31-26-28-17-18-30(40-3)33-32(28)35(36,34(29)41-33)21-25-38(31)22-5-2/h5,9,11-12,15-18,29,31,34,39H,2,4,6-8,10,13-14,19-26H2,1,3H3/t29-,31+,34-,35-,36+/m0/s1. The fourth-order valence-electron chi connectivity index (χ4n) is 8.96. The van der Waals surface area contributed by atoms with Crippen molar-refractivity contribution in [2.75, 3.05) is 33.3 Å². The van der Waals surface area contributed by atoms with Crippen molar-refractivity contribution in [3.63, 3.8) is 0 Å². The molecular weight excluding hydrogens is 508 g/mol. The molecule has 5 nitrogen and oxygen atoms in total. The quantitative estimate of drug-likeness (QED) is 0.218. The van der Waals surface area contributed by atoms with E-state index >= 15 is 0 Å². The lowest BCUT2D eigenvalue weighted by Crippen LogP contribution is -2.78. The topological polar surface area (TPSA) is 45.2 Å². The summed E-state index contributed by atoms with van der Waals surface area (Å²) in [5.41, 5.74) is 2.87. The van der Waals surface area contributed by atoms with Crippen LogP contribution in [-0.2, 0) is 18.3 Å². The van der Waals surface area contributed by atoms with Gasteiger partial charge in [-0.15, -0.1) is 6.58 Å². The molecule has 2 aliphatic carbocycles. The Morgan fingerprint density at radius 2 is 1.88 bits per heavy atom. The number of nitrogens with zero attached hydrogens (tertiary/aromatic N) is 2. The van der Waals surface area contributed by atoms with E-state index in [1.54, 1.807) is 7.11 Å². The molecule has 6 rings (SSSR count). The van der Waals surface area contributed by atoms with Crippen molar-refractivity contribution in [3.8, 4) is 11.5 Å². The molecule has 1 saturated carbocycles. The number of rotatable bonds is 14. The van der Waals surface area contributed by atoms with E-state index in [4.69, 9.17) is 9.47 Å². The molecule has 0 aromatic heterocycles. The molecule has 0 radical (unpaired) electrons. The van der Waals surface area contributed by atoms with Gasteiger partial charge >= 0.3 is 0 Å². The number of likely N-dealkylation sites (tertiary alicyclic amines) is 1. The lowest BCUT2D eigenvalue weighted by Gasteiger charge is -2.65. The van der Waals surface area contributed by atoms with Gasteiger partial charge in [-0.3, -0.25) is 9.80 Å². The zero-order chi connectivity index (χ0) is 28.5. The first-order valence-corrected chi connectivity index (χ1v) is 16.3. The van der Waals surface area contributed by atoms with Crippen molar-refractivity contribution in [1.29, 1.82) is 0 Å². The van der Waals surface area contributed by atoms with Crippen LogP contribution in [0.15, 0.2) is 55.1 Å². The number of piperidine rings is 1. The third-order valence-corrected chi connectivity index (χ3v) is 10.9. The second-order valence-corrected chi connectivity index (χ2v) is 13.0. The fraction of sp³-hybridized carbons (Fsp3) is 0.611. The molecule has 5 atom stereocenters. The van der Waals surface area contributed by atoms with Crippen molar-refractivity contribution in [2.45, 2.75) is 107 Å². The van der Waals surface area contributed by atoms with Crippen LogP contribution < -0.4 is 9.47 Å². The summed E-state index contributed by atoms with van der Waals surface area (Å²) in [5.74, 6) is 1.73. The zero-order valence-corrected chi connectivity index (χ0v) is 25.3. The number of methoxy groups -OCH3 is 1. The molecule has 2 fully saturated rings. The SMILES string of the molecule is C=CCN1CC[C@]23c4c5ccc(OC)c4O[C@H]2[C@@H](N(CCCC)CCCCCCc2ccccc2)CC[C@@]3(O)[C@H]1C5. The average Bonchev–Trinajstić information content (AvgIpc) is 3.34. The van der Waals surface area contributed by atoms with E-state index in [2.05, 4.69) is 65.8 Å². The molecule has 2 aromatic carbocycles. The van der Waals surface area contributed by atoms with Crippen LogP contribution >= 0.6 is 0 Å². The molecule has 5 heteroatoms. The van der Waals surface area contributed by atoms with E-state index in [1.807, 2.05) is 6.08 Å². The van der Waals surface area contributed by atoms with Crippen LogP contribution in [0, 0.1) is 0 Å². The van der Waals surface area contributed by atoms with E-state index < -0.39 is 5.60 Å². The normalized spacial score (nSPS) is 29.7. The van der Waals surface area contributed by atoms with Crippen molar-refractivity contribution in [1.82, 2.24) is 9.80 Å². The first-order valence-electron chi connectivity index (χ1n) is 16.3. The maximum Gasteiger partial charge on any atom is 0.165 e. The molecule has 1 N–H and O–H groups in total. The van der Waals surface area contributed by atoms with Gasteiger partial charge in [-0.2, -0.15) is 0 Å². The minimum Gasteiger partial charge on any atom is -0.493 e. The Morgan fingerprint density at radius 1 is 1.07 bits per heavy atom. The summed E-state index contributed by atoms with van der Waals surface area (Å²) in [6.07, 6.45) is 14.1. The second kappa shape index (κ2) is 12.1. The number of hydrogen-bond acceptors (Lipinski definition) is 5. The Bertz CT molecular complexity index is 1200. The van der Waals surface area contributed by atoms with Crippen LogP contribution in [0.5, 0.6) is 11.5 Å². The number of unbranched alkanes of at least 4 members (excludes halogenated alkanes) is 4. The van der Waals surface area contributed by atoms with Gasteiger partial charge in [-0.05, 0) is 88.2 Å². The van der Waals surface area contributed by atoms with Gasteiger partial charge in [0, 0.05) is 24.2 Å². The van der Waals surface area contributed by atoms with Gasteiger partial charge in [0.25, 0.3) is 0 Å². The first-order chi connectivity index (χ1) is 20.1. The number of hydrogen-bond donors (Lipinski definition) is 1. The predicted molar refractivity (Wildman–Crippen MR) is 166 cm³/mol. The van der Waals surface area contributed by atoms with E-state index in [9.17, 15) is 5.11 Å². The first kappa shape index (κ1) is 28.8. The van der Waals surface area contributed by atoms with Crippen LogP contribution in [0.1, 0.15) is 81.4 Å². The van der Waals surface area contributed by atoms with Gasteiger partial charge in [0.05, 0.1) is 18.1 Å². The van der Waals surface area contributed by atoms with Crippen molar-refractivity contribution < 1.29 is 14.6 Å². The maximum atomic E-state index is 12.8.